The predicted octanol–water partition coefficient (Wildman–Crippen LogP) is -2.30. The van der Waals surface area contributed by atoms with Crippen LogP contribution in [0.25, 0.3) is 0 Å². The third-order valence-electron chi connectivity index (χ3n) is 10.9. The lowest BCUT2D eigenvalue weighted by molar-refractivity contribution is -0.138. The highest BCUT2D eigenvalue weighted by Gasteiger charge is 2.37. The number of nitrogens with one attached hydrogen (secondary N) is 8. The monoisotopic (exact) mass is 961 g/mol. The van der Waals surface area contributed by atoms with Gasteiger partial charge in [-0.15, -0.1) is 0 Å². The molecule has 1 aromatic rings. The van der Waals surface area contributed by atoms with Crippen molar-refractivity contribution in [3.05, 3.63) is 35.9 Å². The van der Waals surface area contributed by atoms with Gasteiger partial charge in [-0.3, -0.25) is 43.2 Å². The summed E-state index contributed by atoms with van der Waals surface area (Å²) in [6, 6.07) is -3.44. The van der Waals surface area contributed by atoms with Crippen LogP contribution in [0.2, 0.25) is 0 Å². The Kier molecular flexibility index (Phi) is 26.2. The number of hydrogen-bond acceptors (Lipinski definition) is 13. The summed E-state index contributed by atoms with van der Waals surface area (Å²) in [4.78, 5) is 132. The molecule has 0 radical (unpaired) electrons. The summed E-state index contributed by atoms with van der Waals surface area (Å²) < 4.78 is 0. The maximum Gasteiger partial charge on any atom is 0.245 e. The van der Waals surface area contributed by atoms with Crippen LogP contribution < -0.4 is 54.0 Å². The van der Waals surface area contributed by atoms with E-state index in [0.29, 0.717) is 24.7 Å². The lowest BCUT2D eigenvalue weighted by Crippen LogP contribution is -2.63. The molecule has 1 aromatic carbocycles. The van der Waals surface area contributed by atoms with Crippen molar-refractivity contribution < 1.29 is 58.2 Å². The van der Waals surface area contributed by atoms with Gasteiger partial charge in [-0.2, -0.15) is 0 Å². The van der Waals surface area contributed by atoms with E-state index in [2.05, 4.69) is 42.5 Å². The number of benzene rings is 1. The number of aliphatic hydroxyl groups excluding tert-OH is 2. The molecule has 0 saturated carbocycles. The first-order chi connectivity index (χ1) is 31.8. The van der Waals surface area contributed by atoms with Crippen LogP contribution in [0, 0.1) is 23.7 Å². The van der Waals surface area contributed by atoms with E-state index in [1.165, 1.54) is 13.8 Å². The molecular formula is C46H76N10O12. The molecule has 0 aliphatic carbocycles. The van der Waals surface area contributed by atoms with E-state index in [1.807, 2.05) is 13.8 Å². The maximum absolute atomic E-state index is 14.0. The summed E-state index contributed by atoms with van der Waals surface area (Å²) in [5, 5.41) is 40.2. The first-order valence-corrected chi connectivity index (χ1v) is 23.0. The molecule has 22 nitrogen and oxygen atoms in total. The fraction of sp³-hybridized carbons (Fsp3) is 0.652. The van der Waals surface area contributed by atoms with Crippen LogP contribution in [0.1, 0.15) is 100 Å². The van der Waals surface area contributed by atoms with Gasteiger partial charge in [0.15, 0.2) is 0 Å². The Labute approximate surface area is 398 Å². The highest BCUT2D eigenvalue weighted by atomic mass is 16.3. The van der Waals surface area contributed by atoms with Gasteiger partial charge in [-0.05, 0) is 55.9 Å². The van der Waals surface area contributed by atoms with Gasteiger partial charge >= 0.3 is 0 Å². The minimum atomic E-state index is -1.78. The van der Waals surface area contributed by atoms with Crippen LogP contribution in [-0.2, 0) is 54.4 Å². The number of primary amides is 1. The molecule has 0 aromatic heterocycles. The Balaban J connectivity index is 3.36. The Hall–Kier alpha value is -6.00. The minimum Gasteiger partial charge on any atom is -0.394 e. The maximum atomic E-state index is 14.0. The van der Waals surface area contributed by atoms with Gasteiger partial charge in [-0.25, -0.2) is 0 Å². The van der Waals surface area contributed by atoms with Crippen LogP contribution in [0.3, 0.4) is 0 Å². The number of hydrogen-bond donors (Lipinski definition) is 12. The molecule has 68 heavy (non-hydrogen) atoms. The molecule has 11 atom stereocenters. The summed E-state index contributed by atoms with van der Waals surface area (Å²) in [6.07, 6.45) is -1.09. The highest BCUT2D eigenvalue weighted by Crippen LogP contribution is 2.13. The Morgan fingerprint density at radius 1 is 0.588 bits per heavy atom. The second-order valence-electron chi connectivity index (χ2n) is 18.4. The standard InChI is InChI=1S/C46H76N10O12/c1-11-26(8)37(45(67)49-27(9)39(61)54-36(25(6)7)44(66)50-30(21-57)17-23(2)3)55-46(68)38(28(10)59)56-43(65)34(20-35(48)60)53-42(64)33(19-29-15-13-12-14-16-29)52-41(63)32(18-24(4)5)51-40(62)31(47)22-58/h12-16,21,23-28,30-34,36-38,58-59H,11,17-20,22,47H2,1-10H3,(H2,48,60)(H,49,67)(H,50,66)(H,51,62)(H,52,63)(H,53,64)(H,54,61)(H,55,68)(H,56,65)/t26-,27-,28+,30-,31-,32-,33-,34-,36-,37-,38-/m0/s1. The average Bonchev–Trinajstić information content (AvgIpc) is 3.26. The molecule has 0 saturated heterocycles. The van der Waals surface area contributed by atoms with Gasteiger partial charge in [0.2, 0.25) is 53.2 Å². The molecular weight excluding hydrogens is 885 g/mol. The third-order valence-corrected chi connectivity index (χ3v) is 10.9. The molecule has 0 unspecified atom stereocenters. The van der Waals surface area contributed by atoms with Crippen LogP contribution in [-0.4, -0.2) is 137 Å². The topological polar surface area (TPSA) is 359 Å². The number of amides is 9. The fourth-order valence-electron chi connectivity index (χ4n) is 6.79. The van der Waals surface area contributed by atoms with E-state index < -0.39 is 139 Å². The summed E-state index contributed by atoms with van der Waals surface area (Å²) in [5.41, 5.74) is 11.7. The van der Waals surface area contributed by atoms with Crippen molar-refractivity contribution in [1.29, 1.82) is 0 Å². The van der Waals surface area contributed by atoms with E-state index >= 15 is 0 Å². The van der Waals surface area contributed by atoms with Gasteiger partial charge < -0.3 is 69.0 Å². The van der Waals surface area contributed by atoms with E-state index in [1.54, 1.807) is 71.9 Å². The van der Waals surface area contributed by atoms with Gasteiger partial charge in [-0.1, -0.05) is 92.1 Å². The van der Waals surface area contributed by atoms with Crippen molar-refractivity contribution in [2.24, 2.45) is 35.1 Å². The Bertz CT molecular complexity index is 1860. The number of aliphatic hydroxyl groups is 2. The smallest absolute Gasteiger partial charge is 0.245 e. The molecule has 22 heteroatoms. The summed E-state index contributed by atoms with van der Waals surface area (Å²) >= 11 is 0. The van der Waals surface area contributed by atoms with Crippen molar-refractivity contribution >= 4 is 59.5 Å². The first kappa shape index (κ1) is 60.0. The number of aldehydes is 1. The Morgan fingerprint density at radius 3 is 1.57 bits per heavy atom. The largest absolute Gasteiger partial charge is 0.394 e. The lowest BCUT2D eigenvalue weighted by Gasteiger charge is -2.30. The Morgan fingerprint density at radius 2 is 1.07 bits per heavy atom. The highest BCUT2D eigenvalue weighted by molar-refractivity contribution is 5.99. The quantitative estimate of drug-likeness (QED) is 0.0362. The van der Waals surface area contributed by atoms with Gasteiger partial charge in [0, 0.05) is 6.42 Å². The minimum absolute atomic E-state index is 0.106. The van der Waals surface area contributed by atoms with E-state index in [4.69, 9.17) is 11.5 Å². The number of carbonyl (C=O) groups excluding carboxylic acids is 10. The molecule has 1 rings (SSSR count). The second kappa shape index (κ2) is 29.7. The van der Waals surface area contributed by atoms with Crippen molar-refractivity contribution in [3.63, 3.8) is 0 Å². The van der Waals surface area contributed by atoms with Crippen LogP contribution in [0.4, 0.5) is 0 Å². The predicted molar refractivity (Wildman–Crippen MR) is 251 cm³/mol. The van der Waals surface area contributed by atoms with E-state index in [0.717, 1.165) is 0 Å². The fourth-order valence-corrected chi connectivity index (χ4v) is 6.79. The molecule has 0 aliphatic heterocycles. The SMILES string of the molecule is CC[C@H](C)[C@H](NC(=O)[C@@H](NC(=O)[C@H](CC(N)=O)NC(=O)[C@H](Cc1ccccc1)NC(=O)[C@H](CC(C)C)NC(=O)[C@@H](N)CO)[C@@H](C)O)C(=O)N[C@@H](C)C(=O)N[C@H](C(=O)N[C@H](C=O)CC(C)C)C(C)C. The zero-order valence-electron chi connectivity index (χ0n) is 40.9. The molecule has 382 valence electrons. The van der Waals surface area contributed by atoms with Crippen molar-refractivity contribution in [1.82, 2.24) is 42.5 Å². The van der Waals surface area contributed by atoms with Crippen LogP contribution >= 0.6 is 0 Å². The molecule has 0 aliphatic rings. The van der Waals surface area contributed by atoms with Gasteiger partial charge in [0.1, 0.15) is 54.6 Å². The lowest BCUT2D eigenvalue weighted by atomic mass is 9.97. The third kappa shape index (κ3) is 20.9. The van der Waals surface area contributed by atoms with Crippen molar-refractivity contribution in [2.75, 3.05) is 6.61 Å². The zero-order valence-corrected chi connectivity index (χ0v) is 40.9. The molecule has 0 bridgehead atoms. The average molecular weight is 961 g/mol. The molecule has 14 N–H and O–H groups in total. The summed E-state index contributed by atoms with van der Waals surface area (Å²) in [7, 11) is 0. The van der Waals surface area contributed by atoms with Crippen molar-refractivity contribution in [3.8, 4) is 0 Å². The normalized spacial score (nSPS) is 16.2. The molecule has 0 fully saturated rings. The summed E-state index contributed by atoms with van der Waals surface area (Å²) in [5.74, 6) is -8.96. The van der Waals surface area contributed by atoms with Crippen LogP contribution in [0.15, 0.2) is 30.3 Å². The zero-order chi connectivity index (χ0) is 52.0. The second-order valence-corrected chi connectivity index (χ2v) is 18.4. The van der Waals surface area contributed by atoms with Gasteiger partial charge in [0.25, 0.3) is 0 Å². The van der Waals surface area contributed by atoms with E-state index in [-0.39, 0.29) is 24.7 Å². The number of carbonyl (C=O) groups is 10. The molecule has 9 amide bonds. The molecule has 0 heterocycles. The summed E-state index contributed by atoms with van der Waals surface area (Å²) in [6.45, 7) is 16.0. The van der Waals surface area contributed by atoms with E-state index in [9.17, 15) is 58.2 Å². The van der Waals surface area contributed by atoms with Gasteiger partial charge in [0.05, 0.1) is 25.2 Å². The first-order valence-electron chi connectivity index (χ1n) is 23.0. The van der Waals surface area contributed by atoms with Crippen molar-refractivity contribution in [2.45, 2.75) is 162 Å². The van der Waals surface area contributed by atoms with Crippen LogP contribution in [0.5, 0.6) is 0 Å². The molecule has 0 spiro atoms. The number of nitrogens with two attached hydrogens (primary N) is 2. The number of rotatable bonds is 30.